The van der Waals surface area contributed by atoms with Gasteiger partial charge in [-0.25, -0.2) is 0 Å². The number of aliphatic carboxylic acids is 1. The van der Waals surface area contributed by atoms with Gasteiger partial charge < -0.3 is 20.9 Å². The third kappa shape index (κ3) is 2.74. The number of nitrogens with two attached hydrogens (primary N) is 1. The van der Waals surface area contributed by atoms with E-state index >= 15 is 0 Å². The van der Waals surface area contributed by atoms with Crippen molar-refractivity contribution in [1.82, 2.24) is 5.32 Å². The summed E-state index contributed by atoms with van der Waals surface area (Å²) in [6.45, 7) is 6.01. The quantitative estimate of drug-likeness (QED) is 0.648. The predicted molar refractivity (Wildman–Crippen MR) is 70.6 cm³/mol. The zero-order valence-electron chi connectivity index (χ0n) is 11.9. The summed E-state index contributed by atoms with van der Waals surface area (Å²) in [7, 11) is 0. The average molecular weight is 272 g/mol. The van der Waals surface area contributed by atoms with Crippen molar-refractivity contribution in [3.05, 3.63) is 0 Å². The Morgan fingerprint density at radius 2 is 2.05 bits per heavy atom. The standard InChI is InChI=1S/C13H24N2O4/c1-4-13(5-2,7-14)10(16)15-9-6-19-8-12(9,3)11(17)18/h9H,4-8,14H2,1-3H3,(H,15,16)(H,17,18). The molecule has 6 nitrogen and oxygen atoms in total. The van der Waals surface area contributed by atoms with E-state index < -0.39 is 22.8 Å². The Hall–Kier alpha value is -1.14. The minimum absolute atomic E-state index is 0.112. The first-order valence-corrected chi connectivity index (χ1v) is 6.68. The lowest BCUT2D eigenvalue weighted by Crippen LogP contribution is -2.55. The van der Waals surface area contributed by atoms with Gasteiger partial charge in [-0.05, 0) is 19.8 Å². The molecule has 0 aromatic carbocycles. The minimum atomic E-state index is -1.07. The molecule has 110 valence electrons. The van der Waals surface area contributed by atoms with Crippen LogP contribution in [0.15, 0.2) is 0 Å². The van der Waals surface area contributed by atoms with Crippen LogP contribution in [0.5, 0.6) is 0 Å². The van der Waals surface area contributed by atoms with Crippen LogP contribution in [0.4, 0.5) is 0 Å². The lowest BCUT2D eigenvalue weighted by atomic mass is 9.79. The highest BCUT2D eigenvalue weighted by atomic mass is 16.5. The molecule has 1 heterocycles. The second kappa shape index (κ2) is 5.88. The zero-order valence-corrected chi connectivity index (χ0v) is 11.9. The molecule has 1 rings (SSSR count). The van der Waals surface area contributed by atoms with E-state index in [1.165, 1.54) is 0 Å². The highest BCUT2D eigenvalue weighted by molar-refractivity contribution is 5.84. The number of hydrogen-bond donors (Lipinski definition) is 3. The first-order chi connectivity index (χ1) is 8.86. The van der Waals surface area contributed by atoms with E-state index in [9.17, 15) is 14.7 Å². The molecule has 2 unspecified atom stereocenters. The Labute approximate surface area is 113 Å². The number of carbonyl (C=O) groups excluding carboxylic acids is 1. The fourth-order valence-corrected chi connectivity index (χ4v) is 2.35. The Morgan fingerprint density at radius 1 is 1.47 bits per heavy atom. The van der Waals surface area contributed by atoms with Gasteiger partial charge in [-0.15, -0.1) is 0 Å². The Balaban J connectivity index is 2.84. The van der Waals surface area contributed by atoms with Gasteiger partial charge in [0, 0.05) is 6.54 Å². The fraction of sp³-hybridized carbons (Fsp3) is 0.846. The second-order valence-corrected chi connectivity index (χ2v) is 5.46. The van der Waals surface area contributed by atoms with Crippen molar-refractivity contribution in [2.24, 2.45) is 16.6 Å². The molecule has 19 heavy (non-hydrogen) atoms. The van der Waals surface area contributed by atoms with Crippen LogP contribution >= 0.6 is 0 Å². The van der Waals surface area contributed by atoms with E-state index in [0.29, 0.717) is 12.8 Å². The number of hydrogen-bond acceptors (Lipinski definition) is 4. The van der Waals surface area contributed by atoms with E-state index in [1.807, 2.05) is 13.8 Å². The molecule has 1 amide bonds. The summed E-state index contributed by atoms with van der Waals surface area (Å²) in [4.78, 5) is 23.7. The SMILES string of the molecule is CCC(CC)(CN)C(=O)NC1COCC1(C)C(=O)O. The molecule has 6 heteroatoms. The highest BCUT2D eigenvalue weighted by Gasteiger charge is 2.48. The molecule has 0 spiro atoms. The number of ether oxygens (including phenoxy) is 1. The zero-order chi connectivity index (χ0) is 14.7. The molecule has 2 atom stereocenters. The molecule has 4 N–H and O–H groups in total. The second-order valence-electron chi connectivity index (χ2n) is 5.46. The van der Waals surface area contributed by atoms with E-state index in [0.717, 1.165) is 0 Å². The topological polar surface area (TPSA) is 102 Å². The summed E-state index contributed by atoms with van der Waals surface area (Å²) in [5.41, 5.74) is 4.03. The smallest absolute Gasteiger partial charge is 0.313 e. The molecule has 1 saturated heterocycles. The van der Waals surface area contributed by atoms with Crippen molar-refractivity contribution in [3.63, 3.8) is 0 Å². The summed E-state index contributed by atoms with van der Waals surface area (Å²) >= 11 is 0. The maximum absolute atomic E-state index is 12.4. The van der Waals surface area contributed by atoms with Gasteiger partial charge in [0.1, 0.15) is 5.41 Å². The van der Waals surface area contributed by atoms with Gasteiger partial charge in [-0.3, -0.25) is 9.59 Å². The third-order valence-corrected chi connectivity index (χ3v) is 4.48. The van der Waals surface area contributed by atoms with Crippen LogP contribution in [-0.2, 0) is 14.3 Å². The molecular formula is C13H24N2O4. The molecule has 0 saturated carbocycles. The number of carboxylic acid groups (broad SMARTS) is 1. The summed E-state index contributed by atoms with van der Waals surface area (Å²) in [5.74, 6) is -1.13. The van der Waals surface area contributed by atoms with Crippen molar-refractivity contribution in [1.29, 1.82) is 0 Å². The molecule has 1 aliphatic rings. The van der Waals surface area contributed by atoms with Gasteiger partial charge in [0.05, 0.1) is 24.7 Å². The van der Waals surface area contributed by atoms with Crippen molar-refractivity contribution in [3.8, 4) is 0 Å². The molecule has 0 aromatic heterocycles. The number of carbonyl (C=O) groups is 2. The van der Waals surface area contributed by atoms with Crippen molar-refractivity contribution >= 4 is 11.9 Å². The summed E-state index contributed by atoms with van der Waals surface area (Å²) < 4.78 is 5.22. The van der Waals surface area contributed by atoms with Crippen LogP contribution in [0, 0.1) is 10.8 Å². The van der Waals surface area contributed by atoms with Crippen LogP contribution in [0.1, 0.15) is 33.6 Å². The molecule has 0 radical (unpaired) electrons. The van der Waals surface area contributed by atoms with Crippen LogP contribution in [-0.4, -0.2) is 42.8 Å². The van der Waals surface area contributed by atoms with Gasteiger partial charge >= 0.3 is 5.97 Å². The van der Waals surface area contributed by atoms with Crippen molar-refractivity contribution in [2.45, 2.75) is 39.7 Å². The van der Waals surface area contributed by atoms with Gasteiger partial charge in [-0.2, -0.15) is 0 Å². The van der Waals surface area contributed by atoms with Crippen LogP contribution in [0.2, 0.25) is 0 Å². The third-order valence-electron chi connectivity index (χ3n) is 4.48. The maximum Gasteiger partial charge on any atom is 0.313 e. The number of rotatable bonds is 6. The lowest BCUT2D eigenvalue weighted by molar-refractivity contribution is -0.149. The van der Waals surface area contributed by atoms with E-state index in [4.69, 9.17) is 10.5 Å². The van der Waals surface area contributed by atoms with E-state index in [-0.39, 0.29) is 25.7 Å². The van der Waals surface area contributed by atoms with E-state index in [1.54, 1.807) is 6.92 Å². The highest BCUT2D eigenvalue weighted by Crippen LogP contribution is 2.31. The first kappa shape index (κ1) is 15.9. The molecule has 0 aromatic rings. The number of amides is 1. The minimum Gasteiger partial charge on any atom is -0.481 e. The molecular weight excluding hydrogens is 248 g/mol. The monoisotopic (exact) mass is 272 g/mol. The summed E-state index contributed by atoms with van der Waals surface area (Å²) in [5, 5.41) is 12.1. The molecule has 0 bridgehead atoms. The predicted octanol–water partition coefficient (Wildman–Crippen LogP) is 0.357. The van der Waals surface area contributed by atoms with Gasteiger partial charge in [0.15, 0.2) is 0 Å². The maximum atomic E-state index is 12.4. The fourth-order valence-electron chi connectivity index (χ4n) is 2.35. The van der Waals surface area contributed by atoms with E-state index in [2.05, 4.69) is 5.32 Å². The van der Waals surface area contributed by atoms with Gasteiger partial charge in [-0.1, -0.05) is 13.8 Å². The Morgan fingerprint density at radius 3 is 2.47 bits per heavy atom. The lowest BCUT2D eigenvalue weighted by Gasteiger charge is -2.33. The van der Waals surface area contributed by atoms with Crippen LogP contribution in [0.25, 0.3) is 0 Å². The largest absolute Gasteiger partial charge is 0.481 e. The van der Waals surface area contributed by atoms with Gasteiger partial charge in [0.25, 0.3) is 0 Å². The molecule has 1 fully saturated rings. The normalized spacial score (nSPS) is 27.3. The summed E-state index contributed by atoms with van der Waals surface area (Å²) in [6.07, 6.45) is 1.26. The van der Waals surface area contributed by atoms with Crippen LogP contribution in [0.3, 0.4) is 0 Å². The van der Waals surface area contributed by atoms with Crippen molar-refractivity contribution in [2.75, 3.05) is 19.8 Å². The molecule has 0 aliphatic carbocycles. The summed E-state index contributed by atoms with van der Waals surface area (Å²) in [6, 6.07) is -0.512. The van der Waals surface area contributed by atoms with Gasteiger partial charge in [0.2, 0.25) is 5.91 Å². The Bertz CT molecular complexity index is 346. The number of nitrogens with one attached hydrogen (secondary N) is 1. The molecule has 1 aliphatic heterocycles. The van der Waals surface area contributed by atoms with Crippen molar-refractivity contribution < 1.29 is 19.4 Å². The number of carboxylic acids is 1. The van der Waals surface area contributed by atoms with Crippen LogP contribution < -0.4 is 11.1 Å². The first-order valence-electron chi connectivity index (χ1n) is 6.68. The average Bonchev–Trinajstić information content (AvgIpc) is 2.75. The Kier molecular flexibility index (Phi) is 4.92.